The molecule has 0 aliphatic carbocycles. The lowest BCUT2D eigenvalue weighted by Crippen LogP contribution is -2.32. The number of rotatable bonds is 4. The van der Waals surface area contributed by atoms with Crippen molar-refractivity contribution in [2.45, 2.75) is 18.7 Å². The zero-order valence-corrected chi connectivity index (χ0v) is 10.6. The van der Waals surface area contributed by atoms with Gasteiger partial charge in [-0.2, -0.15) is 0 Å². The van der Waals surface area contributed by atoms with E-state index in [0.717, 1.165) is 6.07 Å². The molecule has 0 unspecified atom stereocenters. The van der Waals surface area contributed by atoms with Gasteiger partial charge in [0.1, 0.15) is 0 Å². The van der Waals surface area contributed by atoms with E-state index in [1.807, 2.05) is 0 Å². The Bertz CT molecular complexity index is 579. The van der Waals surface area contributed by atoms with Gasteiger partial charge in [-0.25, -0.2) is 17.2 Å². The quantitative estimate of drug-likeness (QED) is 0.853. The largest absolute Gasteiger partial charge is 0.481 e. The smallest absolute Gasteiger partial charge is 0.310 e. The molecule has 0 saturated heterocycles. The van der Waals surface area contributed by atoms with E-state index in [4.69, 9.17) is 5.11 Å². The Morgan fingerprint density at radius 2 is 1.83 bits per heavy atom. The Morgan fingerprint density at radius 3 is 2.28 bits per heavy atom. The van der Waals surface area contributed by atoms with Gasteiger partial charge >= 0.3 is 5.97 Å². The first-order chi connectivity index (χ1) is 8.06. The highest BCUT2D eigenvalue weighted by atomic mass is 32.2. The van der Waals surface area contributed by atoms with E-state index in [9.17, 15) is 22.0 Å². The molecule has 0 aliphatic rings. The van der Waals surface area contributed by atoms with Crippen LogP contribution < -0.4 is 0 Å². The Morgan fingerprint density at radius 1 is 1.28 bits per heavy atom. The maximum Gasteiger partial charge on any atom is 0.310 e. The van der Waals surface area contributed by atoms with Gasteiger partial charge in [0.25, 0.3) is 0 Å². The summed E-state index contributed by atoms with van der Waals surface area (Å²) in [6.07, 6.45) is 0. The van der Waals surface area contributed by atoms with E-state index in [1.54, 1.807) is 0 Å². The fourth-order valence-corrected chi connectivity index (χ4v) is 3.09. The second-order valence-electron chi connectivity index (χ2n) is 4.52. The second-order valence-corrected chi connectivity index (χ2v) is 6.51. The predicted molar refractivity (Wildman–Crippen MR) is 59.8 cm³/mol. The van der Waals surface area contributed by atoms with Crippen molar-refractivity contribution in [3.8, 4) is 0 Å². The summed E-state index contributed by atoms with van der Waals surface area (Å²) in [5, 5.41) is 8.85. The molecular weight excluding hydrogens is 266 g/mol. The monoisotopic (exact) mass is 278 g/mol. The van der Waals surface area contributed by atoms with Crippen LogP contribution in [0, 0.1) is 17.0 Å². The minimum Gasteiger partial charge on any atom is -0.481 e. The summed E-state index contributed by atoms with van der Waals surface area (Å²) in [6.45, 7) is 2.49. The van der Waals surface area contributed by atoms with Crippen molar-refractivity contribution in [2.24, 2.45) is 5.41 Å². The van der Waals surface area contributed by atoms with E-state index in [-0.39, 0.29) is 0 Å². The average Bonchev–Trinajstić information content (AvgIpc) is 2.20. The first kappa shape index (κ1) is 14.6. The van der Waals surface area contributed by atoms with E-state index in [1.165, 1.54) is 13.8 Å². The summed E-state index contributed by atoms with van der Waals surface area (Å²) < 4.78 is 49.4. The molecule has 0 heterocycles. The first-order valence-corrected chi connectivity index (χ1v) is 6.63. The lowest BCUT2D eigenvalue weighted by molar-refractivity contribution is -0.145. The molecule has 0 bridgehead atoms. The summed E-state index contributed by atoms with van der Waals surface area (Å²) in [7, 11) is -3.99. The highest BCUT2D eigenvalue weighted by Gasteiger charge is 2.34. The number of carbonyl (C=O) groups is 1. The third-order valence-electron chi connectivity index (χ3n) is 2.38. The van der Waals surface area contributed by atoms with Crippen LogP contribution >= 0.6 is 0 Å². The summed E-state index contributed by atoms with van der Waals surface area (Å²) in [4.78, 5) is 10.4. The minimum absolute atomic E-state index is 0.435. The number of aliphatic carboxylic acids is 1. The number of halogens is 2. The van der Waals surface area contributed by atoms with Crippen molar-refractivity contribution in [3.05, 3.63) is 29.8 Å². The molecule has 4 nitrogen and oxygen atoms in total. The highest BCUT2D eigenvalue weighted by Crippen LogP contribution is 2.24. The molecule has 0 aliphatic heterocycles. The van der Waals surface area contributed by atoms with Gasteiger partial charge in [-0.15, -0.1) is 0 Å². The molecule has 0 spiro atoms. The van der Waals surface area contributed by atoms with Crippen molar-refractivity contribution in [2.75, 3.05) is 5.75 Å². The summed E-state index contributed by atoms with van der Waals surface area (Å²) in [5.74, 6) is -4.43. The van der Waals surface area contributed by atoms with Crippen LogP contribution in [0.25, 0.3) is 0 Å². The van der Waals surface area contributed by atoms with Crippen molar-refractivity contribution in [3.63, 3.8) is 0 Å². The fraction of sp³-hybridized carbons (Fsp3) is 0.364. The van der Waals surface area contributed by atoms with Gasteiger partial charge in [0.2, 0.25) is 0 Å². The van der Waals surface area contributed by atoms with Gasteiger partial charge in [-0.3, -0.25) is 4.79 Å². The third kappa shape index (κ3) is 3.04. The van der Waals surface area contributed by atoms with Crippen molar-refractivity contribution >= 4 is 15.8 Å². The van der Waals surface area contributed by atoms with Gasteiger partial charge < -0.3 is 5.11 Å². The molecule has 0 atom stereocenters. The number of hydrogen-bond acceptors (Lipinski definition) is 3. The molecule has 1 N–H and O–H groups in total. The Hall–Kier alpha value is -1.50. The Labute approximate surface area is 103 Å². The molecule has 7 heteroatoms. The van der Waals surface area contributed by atoms with Crippen molar-refractivity contribution < 1.29 is 27.1 Å². The standard InChI is InChI=1S/C11H12F2O4S/c1-11(2,10(14)15)6-18(16,17)7-3-4-8(12)9(13)5-7/h3-5H,6H2,1-2H3,(H,14,15). The van der Waals surface area contributed by atoms with Gasteiger partial charge in [-0.1, -0.05) is 0 Å². The Balaban J connectivity index is 3.15. The molecule has 18 heavy (non-hydrogen) atoms. The molecule has 100 valence electrons. The fourth-order valence-electron chi connectivity index (χ4n) is 1.29. The van der Waals surface area contributed by atoms with Crippen LogP contribution in [-0.2, 0) is 14.6 Å². The summed E-state index contributed by atoms with van der Waals surface area (Å²) in [5.41, 5.74) is -1.51. The zero-order chi connectivity index (χ0) is 14.1. The summed E-state index contributed by atoms with van der Waals surface area (Å²) >= 11 is 0. The number of carboxylic acids is 1. The van der Waals surface area contributed by atoms with E-state index in [2.05, 4.69) is 0 Å². The molecule has 0 fully saturated rings. The topological polar surface area (TPSA) is 71.4 Å². The molecular formula is C11H12F2O4S. The van der Waals surface area contributed by atoms with Crippen LogP contribution in [0.4, 0.5) is 8.78 Å². The van der Waals surface area contributed by atoms with E-state index >= 15 is 0 Å². The molecule has 1 aromatic rings. The lowest BCUT2D eigenvalue weighted by Gasteiger charge is -2.18. The van der Waals surface area contributed by atoms with Crippen LogP contribution in [0.5, 0.6) is 0 Å². The SMILES string of the molecule is CC(C)(CS(=O)(=O)c1ccc(F)c(F)c1)C(=O)O. The number of carboxylic acid groups (broad SMARTS) is 1. The maximum atomic E-state index is 12.9. The Kier molecular flexibility index (Phi) is 3.75. The van der Waals surface area contributed by atoms with Gasteiger partial charge in [0.05, 0.1) is 16.1 Å². The normalized spacial score (nSPS) is 12.4. The maximum absolute atomic E-state index is 12.9. The van der Waals surface area contributed by atoms with Crippen molar-refractivity contribution in [1.82, 2.24) is 0 Å². The van der Waals surface area contributed by atoms with Crippen LogP contribution in [0.2, 0.25) is 0 Å². The molecule has 0 radical (unpaired) electrons. The van der Waals surface area contributed by atoms with Crippen LogP contribution in [0.15, 0.2) is 23.1 Å². The van der Waals surface area contributed by atoms with Crippen LogP contribution in [0.1, 0.15) is 13.8 Å². The molecule has 0 saturated carbocycles. The van der Waals surface area contributed by atoms with Gasteiger partial charge in [0.15, 0.2) is 21.5 Å². The van der Waals surface area contributed by atoms with Crippen LogP contribution in [-0.4, -0.2) is 25.2 Å². The summed E-state index contributed by atoms with van der Waals surface area (Å²) in [6, 6.07) is 2.14. The second kappa shape index (κ2) is 4.64. The molecule has 0 amide bonds. The molecule has 1 rings (SSSR count). The zero-order valence-electron chi connectivity index (χ0n) is 9.78. The molecule has 1 aromatic carbocycles. The minimum atomic E-state index is -3.99. The predicted octanol–water partition coefficient (Wildman–Crippen LogP) is 1.85. The van der Waals surface area contributed by atoms with E-state index in [0.29, 0.717) is 12.1 Å². The van der Waals surface area contributed by atoms with Gasteiger partial charge in [0, 0.05) is 0 Å². The molecule has 0 aromatic heterocycles. The number of hydrogen-bond donors (Lipinski definition) is 1. The first-order valence-electron chi connectivity index (χ1n) is 4.97. The van der Waals surface area contributed by atoms with Gasteiger partial charge in [-0.05, 0) is 32.0 Å². The highest BCUT2D eigenvalue weighted by molar-refractivity contribution is 7.91. The third-order valence-corrected chi connectivity index (χ3v) is 4.45. The van der Waals surface area contributed by atoms with Crippen LogP contribution in [0.3, 0.4) is 0 Å². The average molecular weight is 278 g/mol. The number of sulfone groups is 1. The number of benzene rings is 1. The lowest BCUT2D eigenvalue weighted by atomic mass is 9.97. The van der Waals surface area contributed by atoms with Crippen molar-refractivity contribution in [1.29, 1.82) is 0 Å². The van der Waals surface area contributed by atoms with E-state index < -0.39 is 43.5 Å².